The van der Waals surface area contributed by atoms with Crippen LogP contribution in [-0.2, 0) is 6.54 Å². The summed E-state index contributed by atoms with van der Waals surface area (Å²) in [4.78, 5) is 38.1. The van der Waals surface area contributed by atoms with Gasteiger partial charge in [-0.25, -0.2) is 4.79 Å². The lowest BCUT2D eigenvalue weighted by Gasteiger charge is -2.35. The summed E-state index contributed by atoms with van der Waals surface area (Å²) in [5.41, 5.74) is -0.851. The number of ketones is 1. The van der Waals surface area contributed by atoms with Crippen molar-refractivity contribution in [3.63, 3.8) is 0 Å². The van der Waals surface area contributed by atoms with E-state index in [9.17, 15) is 14.4 Å². The van der Waals surface area contributed by atoms with E-state index in [0.717, 1.165) is 25.7 Å². The van der Waals surface area contributed by atoms with E-state index >= 15 is 0 Å². The van der Waals surface area contributed by atoms with Crippen LogP contribution in [-0.4, -0.2) is 26.3 Å². The summed E-state index contributed by atoms with van der Waals surface area (Å²) in [6, 6.07) is 0. The maximum atomic E-state index is 12.3. The van der Waals surface area contributed by atoms with Gasteiger partial charge >= 0.3 is 5.69 Å². The van der Waals surface area contributed by atoms with Crippen LogP contribution in [0.2, 0.25) is 0 Å². The zero-order valence-electron chi connectivity index (χ0n) is 11.9. The number of carbonyl (C=O) groups is 1. The van der Waals surface area contributed by atoms with Gasteiger partial charge in [0.15, 0.2) is 5.78 Å². The number of hydrogen-bond acceptors (Lipinski definition) is 4. The van der Waals surface area contributed by atoms with Crippen LogP contribution in [0.1, 0.15) is 49.4 Å². The largest absolute Gasteiger partial charge is 0.328 e. The number of aromatic amines is 1. The second-order valence-corrected chi connectivity index (χ2v) is 6.68. The molecular formula is C14H20N2O3S. The van der Waals surface area contributed by atoms with Crippen molar-refractivity contribution in [1.82, 2.24) is 9.55 Å². The van der Waals surface area contributed by atoms with Gasteiger partial charge in [-0.15, -0.1) is 0 Å². The molecule has 110 valence electrons. The zero-order chi connectivity index (χ0) is 14.8. The Labute approximate surface area is 121 Å². The molecule has 1 saturated carbocycles. The van der Waals surface area contributed by atoms with Gasteiger partial charge < -0.3 is 4.98 Å². The summed E-state index contributed by atoms with van der Waals surface area (Å²) in [6.45, 7) is 1.72. The molecule has 0 bridgehead atoms. The van der Waals surface area contributed by atoms with Gasteiger partial charge in [0.2, 0.25) is 0 Å². The van der Waals surface area contributed by atoms with Gasteiger partial charge in [0.05, 0.1) is 5.56 Å². The van der Waals surface area contributed by atoms with Crippen LogP contribution < -0.4 is 11.2 Å². The van der Waals surface area contributed by atoms with E-state index in [-0.39, 0.29) is 16.1 Å². The number of rotatable bonds is 4. The summed E-state index contributed by atoms with van der Waals surface area (Å²) >= 11 is 1.72. The average Bonchev–Trinajstić information content (AvgIpc) is 2.44. The van der Waals surface area contributed by atoms with Crippen LogP contribution in [0.5, 0.6) is 0 Å². The molecular weight excluding hydrogens is 276 g/mol. The lowest BCUT2D eigenvalue weighted by atomic mass is 9.88. The molecule has 0 unspecified atom stereocenters. The van der Waals surface area contributed by atoms with Gasteiger partial charge in [-0.1, -0.05) is 19.3 Å². The van der Waals surface area contributed by atoms with E-state index < -0.39 is 11.2 Å². The Kier molecular flexibility index (Phi) is 4.52. The third kappa shape index (κ3) is 2.90. The van der Waals surface area contributed by atoms with Gasteiger partial charge in [0, 0.05) is 17.5 Å². The molecule has 1 aliphatic rings. The monoisotopic (exact) mass is 296 g/mol. The first-order valence-corrected chi connectivity index (χ1v) is 8.10. The molecule has 1 N–H and O–H groups in total. The Morgan fingerprint density at radius 2 is 2.00 bits per heavy atom. The standard InChI is InChI=1S/C14H20N2O3S/c1-10(17)11-8-15-13(19)16(12(11)18)9-14(20-2)6-4-3-5-7-14/h8H,3-7,9H2,1-2H3,(H,15,19). The molecule has 0 saturated heterocycles. The minimum absolute atomic E-state index is 0.0525. The second kappa shape index (κ2) is 5.99. The summed E-state index contributed by atoms with van der Waals surface area (Å²) in [6.07, 6.45) is 8.71. The fourth-order valence-corrected chi connectivity index (χ4v) is 3.77. The summed E-state index contributed by atoms with van der Waals surface area (Å²) in [7, 11) is 0. The quantitative estimate of drug-likeness (QED) is 0.860. The highest BCUT2D eigenvalue weighted by Gasteiger charge is 2.32. The Morgan fingerprint density at radius 3 is 2.55 bits per heavy atom. The highest BCUT2D eigenvalue weighted by atomic mass is 32.2. The number of H-pyrrole nitrogens is 1. The maximum absolute atomic E-state index is 12.3. The molecule has 2 rings (SSSR count). The zero-order valence-corrected chi connectivity index (χ0v) is 12.7. The predicted molar refractivity (Wildman–Crippen MR) is 80.7 cm³/mol. The van der Waals surface area contributed by atoms with Crippen LogP contribution in [0.25, 0.3) is 0 Å². The molecule has 5 nitrogen and oxygen atoms in total. The number of nitrogens with one attached hydrogen (secondary N) is 1. The first kappa shape index (κ1) is 15.1. The molecule has 0 amide bonds. The number of hydrogen-bond donors (Lipinski definition) is 1. The Hall–Kier alpha value is -1.30. The first-order chi connectivity index (χ1) is 9.49. The van der Waals surface area contributed by atoms with Crippen molar-refractivity contribution in [2.45, 2.75) is 50.3 Å². The minimum Gasteiger partial charge on any atom is -0.313 e. The molecule has 1 aliphatic carbocycles. The summed E-state index contributed by atoms with van der Waals surface area (Å²) in [5.74, 6) is -0.318. The molecule has 20 heavy (non-hydrogen) atoms. The van der Waals surface area contributed by atoms with E-state index in [0.29, 0.717) is 6.54 Å². The molecule has 1 fully saturated rings. The van der Waals surface area contributed by atoms with Gasteiger partial charge in [-0.2, -0.15) is 11.8 Å². The molecule has 1 aromatic rings. The lowest BCUT2D eigenvalue weighted by Crippen LogP contribution is -2.45. The smallest absolute Gasteiger partial charge is 0.313 e. The fourth-order valence-electron chi connectivity index (χ4n) is 2.82. The van der Waals surface area contributed by atoms with E-state index in [1.807, 2.05) is 6.26 Å². The van der Waals surface area contributed by atoms with Crippen molar-refractivity contribution in [3.8, 4) is 0 Å². The Balaban J connectivity index is 2.42. The Bertz CT molecular complexity index is 612. The minimum atomic E-state index is -0.472. The van der Waals surface area contributed by atoms with Gasteiger partial charge in [-0.05, 0) is 26.0 Å². The van der Waals surface area contributed by atoms with E-state index in [4.69, 9.17) is 0 Å². The normalized spacial score (nSPS) is 17.9. The van der Waals surface area contributed by atoms with Crippen LogP contribution >= 0.6 is 11.8 Å². The van der Waals surface area contributed by atoms with Crippen molar-refractivity contribution in [3.05, 3.63) is 32.6 Å². The molecule has 0 atom stereocenters. The Morgan fingerprint density at radius 1 is 1.35 bits per heavy atom. The van der Waals surface area contributed by atoms with E-state index in [1.165, 1.54) is 24.1 Å². The number of Topliss-reactive ketones (excluding diaryl/α,β-unsaturated/α-hetero) is 1. The van der Waals surface area contributed by atoms with Gasteiger partial charge in [0.25, 0.3) is 5.56 Å². The van der Waals surface area contributed by atoms with Crippen molar-refractivity contribution in [2.75, 3.05) is 6.26 Å². The topological polar surface area (TPSA) is 71.9 Å². The highest BCUT2D eigenvalue weighted by molar-refractivity contribution is 8.00. The van der Waals surface area contributed by atoms with Crippen molar-refractivity contribution in [1.29, 1.82) is 0 Å². The van der Waals surface area contributed by atoms with Gasteiger partial charge in [0.1, 0.15) is 0 Å². The number of thioether (sulfide) groups is 1. The predicted octanol–water partition coefficient (Wildman–Crippen LogP) is 1.81. The summed E-state index contributed by atoms with van der Waals surface area (Å²) < 4.78 is 1.13. The van der Waals surface area contributed by atoms with Crippen LogP contribution in [0.3, 0.4) is 0 Å². The number of aromatic nitrogens is 2. The SMILES string of the molecule is CSC1(Cn2c(=O)[nH]cc(C(C)=O)c2=O)CCCCC1. The maximum Gasteiger partial charge on any atom is 0.328 e. The summed E-state index contributed by atoms with van der Waals surface area (Å²) in [5, 5.41) is 0. The third-order valence-corrected chi connectivity index (χ3v) is 5.49. The molecule has 0 radical (unpaired) electrons. The molecule has 1 aromatic heterocycles. The van der Waals surface area contributed by atoms with Crippen molar-refractivity contribution in [2.24, 2.45) is 0 Å². The third-order valence-electron chi connectivity index (χ3n) is 4.08. The average molecular weight is 296 g/mol. The van der Waals surface area contributed by atoms with E-state index in [1.54, 1.807) is 11.8 Å². The molecule has 1 heterocycles. The van der Waals surface area contributed by atoms with Crippen molar-refractivity contribution < 1.29 is 4.79 Å². The lowest BCUT2D eigenvalue weighted by molar-refractivity contribution is 0.101. The molecule has 0 aromatic carbocycles. The van der Waals surface area contributed by atoms with Crippen LogP contribution in [0.15, 0.2) is 15.8 Å². The number of nitrogens with zero attached hydrogens (tertiary/aromatic N) is 1. The molecule has 0 aliphatic heterocycles. The number of carbonyl (C=O) groups excluding carboxylic acids is 1. The molecule has 6 heteroatoms. The fraction of sp³-hybridized carbons (Fsp3) is 0.643. The van der Waals surface area contributed by atoms with Crippen LogP contribution in [0.4, 0.5) is 0 Å². The highest BCUT2D eigenvalue weighted by Crippen LogP contribution is 2.39. The second-order valence-electron chi connectivity index (χ2n) is 5.40. The van der Waals surface area contributed by atoms with E-state index in [2.05, 4.69) is 4.98 Å². The molecule has 0 spiro atoms. The van der Waals surface area contributed by atoms with Crippen molar-refractivity contribution >= 4 is 17.5 Å². The van der Waals surface area contributed by atoms with Crippen LogP contribution in [0, 0.1) is 0 Å². The first-order valence-electron chi connectivity index (χ1n) is 6.88. The van der Waals surface area contributed by atoms with Gasteiger partial charge in [-0.3, -0.25) is 14.2 Å².